The van der Waals surface area contributed by atoms with E-state index in [1.165, 1.54) is 6.33 Å². The lowest BCUT2D eigenvalue weighted by molar-refractivity contribution is 0.306. The highest BCUT2D eigenvalue weighted by molar-refractivity contribution is 5.58. The lowest BCUT2D eigenvalue weighted by atomic mass is 10.2. The first-order chi connectivity index (χ1) is 10.8. The van der Waals surface area contributed by atoms with Gasteiger partial charge in [0.25, 0.3) is 0 Å². The quantitative estimate of drug-likeness (QED) is 0.768. The Balaban J connectivity index is 1.62. The zero-order chi connectivity index (χ0) is 15.2. The molecule has 0 unspecified atom stereocenters. The van der Waals surface area contributed by atoms with Crippen LogP contribution in [0.15, 0.2) is 67.1 Å². The Morgan fingerprint density at radius 2 is 1.77 bits per heavy atom. The first-order valence-electron chi connectivity index (χ1n) is 7.12. The largest absolute Gasteiger partial charge is 0.489 e. The molecular weight excluding hydrogens is 274 g/mol. The zero-order valence-electron chi connectivity index (χ0n) is 12.4. The Hall–Kier alpha value is -2.88. The summed E-state index contributed by atoms with van der Waals surface area (Å²) in [6, 6.07) is 17.9. The third-order valence-electron chi connectivity index (χ3n) is 3.26. The number of hydrogen-bond donors (Lipinski definition) is 1. The van der Waals surface area contributed by atoms with Crippen LogP contribution in [0.3, 0.4) is 0 Å². The van der Waals surface area contributed by atoms with Crippen LogP contribution < -0.4 is 10.1 Å². The van der Waals surface area contributed by atoms with Gasteiger partial charge in [-0.3, -0.25) is 0 Å². The van der Waals surface area contributed by atoms with Crippen molar-refractivity contribution < 1.29 is 4.74 Å². The number of rotatable bonds is 5. The predicted octanol–water partition coefficient (Wildman–Crippen LogP) is 4.11. The number of nitrogens with one attached hydrogen (secondary N) is 1. The second-order valence-corrected chi connectivity index (χ2v) is 4.98. The summed E-state index contributed by atoms with van der Waals surface area (Å²) in [7, 11) is 0. The summed E-state index contributed by atoms with van der Waals surface area (Å²) in [4.78, 5) is 8.21. The molecule has 1 heterocycles. The molecule has 0 aliphatic carbocycles. The summed E-state index contributed by atoms with van der Waals surface area (Å²) in [5.74, 6) is 1.70. The van der Waals surface area contributed by atoms with Crippen LogP contribution in [-0.4, -0.2) is 9.97 Å². The van der Waals surface area contributed by atoms with E-state index in [-0.39, 0.29) is 0 Å². The van der Waals surface area contributed by atoms with Gasteiger partial charge in [0.15, 0.2) is 0 Å². The van der Waals surface area contributed by atoms with Crippen LogP contribution >= 0.6 is 0 Å². The topological polar surface area (TPSA) is 47.0 Å². The Morgan fingerprint density at radius 3 is 2.50 bits per heavy atom. The van der Waals surface area contributed by atoms with E-state index in [1.54, 1.807) is 6.20 Å². The summed E-state index contributed by atoms with van der Waals surface area (Å²) in [6.45, 7) is 2.53. The minimum atomic E-state index is 0.552. The SMILES string of the molecule is Cc1cncnc1Nc1ccc(COc2ccccc2)cc1. The molecule has 0 atom stereocenters. The number of benzene rings is 2. The van der Waals surface area contributed by atoms with Crippen LogP contribution in [0, 0.1) is 6.92 Å². The maximum absolute atomic E-state index is 5.73. The van der Waals surface area contributed by atoms with Gasteiger partial charge < -0.3 is 10.1 Å². The van der Waals surface area contributed by atoms with Crippen molar-refractivity contribution >= 4 is 11.5 Å². The van der Waals surface area contributed by atoms with Crippen LogP contribution in [-0.2, 0) is 6.61 Å². The van der Waals surface area contributed by atoms with Crippen LogP contribution in [0.4, 0.5) is 11.5 Å². The molecule has 4 heteroatoms. The third kappa shape index (κ3) is 3.61. The van der Waals surface area contributed by atoms with E-state index >= 15 is 0 Å². The second kappa shape index (κ2) is 6.72. The summed E-state index contributed by atoms with van der Waals surface area (Å²) < 4.78 is 5.73. The molecule has 110 valence electrons. The average Bonchev–Trinajstić information content (AvgIpc) is 2.57. The number of anilines is 2. The molecule has 0 aliphatic rings. The lowest BCUT2D eigenvalue weighted by Crippen LogP contribution is -1.98. The molecule has 0 aliphatic heterocycles. The van der Waals surface area contributed by atoms with E-state index in [9.17, 15) is 0 Å². The summed E-state index contributed by atoms with van der Waals surface area (Å²) in [5, 5.41) is 3.28. The summed E-state index contributed by atoms with van der Waals surface area (Å²) in [5.41, 5.74) is 3.12. The molecule has 1 aromatic heterocycles. The molecule has 4 nitrogen and oxygen atoms in total. The Morgan fingerprint density at radius 1 is 1.00 bits per heavy atom. The summed E-state index contributed by atoms with van der Waals surface area (Å²) >= 11 is 0. The Kier molecular flexibility index (Phi) is 4.30. The maximum atomic E-state index is 5.73. The van der Waals surface area contributed by atoms with Gasteiger partial charge in [0.05, 0.1) is 0 Å². The highest BCUT2D eigenvalue weighted by Gasteiger charge is 2.01. The molecule has 0 spiro atoms. The van der Waals surface area contributed by atoms with Gasteiger partial charge in [-0.2, -0.15) is 0 Å². The van der Waals surface area contributed by atoms with Crippen molar-refractivity contribution in [2.75, 3.05) is 5.32 Å². The molecular formula is C18H17N3O. The molecule has 0 saturated heterocycles. The normalized spacial score (nSPS) is 10.2. The standard InChI is InChI=1S/C18H17N3O/c1-14-11-19-13-20-18(14)21-16-9-7-15(8-10-16)12-22-17-5-3-2-4-6-17/h2-11,13H,12H2,1H3,(H,19,20,21). The highest BCUT2D eigenvalue weighted by Crippen LogP contribution is 2.18. The van der Waals surface area contributed by atoms with Crippen molar-refractivity contribution in [1.29, 1.82) is 0 Å². The zero-order valence-corrected chi connectivity index (χ0v) is 12.4. The van der Waals surface area contributed by atoms with Crippen molar-refractivity contribution in [3.8, 4) is 5.75 Å². The van der Waals surface area contributed by atoms with Crippen molar-refractivity contribution in [3.05, 3.63) is 78.2 Å². The smallest absolute Gasteiger partial charge is 0.136 e. The molecule has 0 bridgehead atoms. The van der Waals surface area contributed by atoms with Crippen LogP contribution in [0.25, 0.3) is 0 Å². The van der Waals surface area contributed by atoms with Crippen LogP contribution in [0.5, 0.6) is 5.75 Å². The molecule has 3 aromatic rings. The van der Waals surface area contributed by atoms with Crippen LogP contribution in [0.1, 0.15) is 11.1 Å². The number of ether oxygens (including phenoxy) is 1. The first kappa shape index (κ1) is 14.1. The molecule has 22 heavy (non-hydrogen) atoms. The van der Waals surface area contributed by atoms with Gasteiger partial charge in [-0.05, 0) is 36.8 Å². The number of para-hydroxylation sites is 1. The van der Waals surface area contributed by atoms with E-state index in [4.69, 9.17) is 4.74 Å². The van der Waals surface area contributed by atoms with Gasteiger partial charge in [0, 0.05) is 17.4 Å². The second-order valence-electron chi connectivity index (χ2n) is 4.98. The minimum absolute atomic E-state index is 0.552. The van der Waals surface area contributed by atoms with Gasteiger partial charge >= 0.3 is 0 Å². The average molecular weight is 291 g/mol. The van der Waals surface area contributed by atoms with E-state index in [2.05, 4.69) is 15.3 Å². The number of aryl methyl sites for hydroxylation is 1. The van der Waals surface area contributed by atoms with Gasteiger partial charge in [0.2, 0.25) is 0 Å². The van der Waals surface area contributed by atoms with Crippen molar-refractivity contribution in [3.63, 3.8) is 0 Å². The first-order valence-corrected chi connectivity index (χ1v) is 7.12. The Labute approximate surface area is 129 Å². The van der Waals surface area contributed by atoms with Crippen LogP contribution in [0.2, 0.25) is 0 Å². The Bertz CT molecular complexity index is 727. The van der Waals surface area contributed by atoms with Crippen molar-refractivity contribution in [2.24, 2.45) is 0 Å². The fourth-order valence-corrected chi connectivity index (χ4v) is 2.03. The molecule has 3 rings (SSSR count). The van der Waals surface area contributed by atoms with E-state index < -0.39 is 0 Å². The number of hydrogen-bond acceptors (Lipinski definition) is 4. The maximum Gasteiger partial charge on any atom is 0.136 e. The molecule has 0 saturated carbocycles. The lowest BCUT2D eigenvalue weighted by Gasteiger charge is -2.09. The highest BCUT2D eigenvalue weighted by atomic mass is 16.5. The minimum Gasteiger partial charge on any atom is -0.489 e. The van der Waals surface area contributed by atoms with Crippen molar-refractivity contribution in [2.45, 2.75) is 13.5 Å². The van der Waals surface area contributed by atoms with E-state index in [1.807, 2.05) is 61.5 Å². The monoisotopic (exact) mass is 291 g/mol. The predicted molar refractivity (Wildman–Crippen MR) is 87.3 cm³/mol. The van der Waals surface area contributed by atoms with Gasteiger partial charge in [0.1, 0.15) is 24.5 Å². The molecule has 1 N–H and O–H groups in total. The molecule has 0 radical (unpaired) electrons. The fourth-order valence-electron chi connectivity index (χ4n) is 2.03. The van der Waals surface area contributed by atoms with Crippen molar-refractivity contribution in [1.82, 2.24) is 9.97 Å². The summed E-state index contributed by atoms with van der Waals surface area (Å²) in [6.07, 6.45) is 3.33. The number of aromatic nitrogens is 2. The van der Waals surface area contributed by atoms with E-state index in [0.717, 1.165) is 28.4 Å². The third-order valence-corrected chi connectivity index (χ3v) is 3.26. The van der Waals surface area contributed by atoms with Gasteiger partial charge in [-0.1, -0.05) is 30.3 Å². The number of nitrogens with zero attached hydrogens (tertiary/aromatic N) is 2. The molecule has 2 aromatic carbocycles. The van der Waals surface area contributed by atoms with Gasteiger partial charge in [-0.25, -0.2) is 9.97 Å². The molecule has 0 fully saturated rings. The molecule has 0 amide bonds. The van der Waals surface area contributed by atoms with Gasteiger partial charge in [-0.15, -0.1) is 0 Å². The van der Waals surface area contributed by atoms with E-state index in [0.29, 0.717) is 6.61 Å². The fraction of sp³-hybridized carbons (Fsp3) is 0.111.